The van der Waals surface area contributed by atoms with Gasteiger partial charge in [0, 0.05) is 68.1 Å². The third kappa shape index (κ3) is 5.30. The van der Waals surface area contributed by atoms with E-state index in [9.17, 15) is 4.79 Å². The first-order chi connectivity index (χ1) is 15.9. The first-order valence-corrected chi connectivity index (χ1v) is 10.5. The number of benzene rings is 2. The van der Waals surface area contributed by atoms with Crippen molar-refractivity contribution in [2.75, 3.05) is 30.0 Å². The molecule has 0 saturated heterocycles. The number of fused-ring (bicyclic) bond motifs is 1. The van der Waals surface area contributed by atoms with E-state index >= 15 is 0 Å². The molecule has 2 heterocycles. The summed E-state index contributed by atoms with van der Waals surface area (Å²) in [5, 5.41) is 15.2. The normalized spacial score (nSPS) is 10.6. The lowest BCUT2D eigenvalue weighted by Crippen LogP contribution is -2.27. The smallest absolute Gasteiger partial charge is 0.322 e. The standard InChI is InChI=1S/C25H27N7O/c1-17(28-20-10-9-19-16-32(4)30-23(19)14-20)21-7-5-6-8-22(21)27-15-18-11-12-26-24(13-18)29-25(33)31(2)3/h5-14,16,27-28H,1,15H2,2-4H3,(H,26,29,33). The second kappa shape index (κ2) is 9.44. The van der Waals surface area contributed by atoms with Gasteiger partial charge < -0.3 is 15.5 Å². The van der Waals surface area contributed by atoms with E-state index in [4.69, 9.17) is 0 Å². The van der Waals surface area contributed by atoms with Gasteiger partial charge in [0.25, 0.3) is 0 Å². The molecule has 0 spiro atoms. The van der Waals surface area contributed by atoms with Gasteiger partial charge in [0.05, 0.1) is 5.52 Å². The Balaban J connectivity index is 1.46. The summed E-state index contributed by atoms with van der Waals surface area (Å²) in [5.74, 6) is 0.511. The van der Waals surface area contributed by atoms with Crippen molar-refractivity contribution in [2.45, 2.75) is 6.54 Å². The van der Waals surface area contributed by atoms with E-state index in [0.29, 0.717) is 12.4 Å². The van der Waals surface area contributed by atoms with Crippen LogP contribution in [0.5, 0.6) is 0 Å². The summed E-state index contributed by atoms with van der Waals surface area (Å²) in [6.45, 7) is 4.81. The first-order valence-electron chi connectivity index (χ1n) is 10.5. The molecule has 0 unspecified atom stereocenters. The van der Waals surface area contributed by atoms with Crippen LogP contribution in [0.1, 0.15) is 11.1 Å². The van der Waals surface area contributed by atoms with E-state index in [1.54, 1.807) is 25.0 Å². The van der Waals surface area contributed by atoms with E-state index in [0.717, 1.165) is 39.1 Å². The molecule has 0 radical (unpaired) electrons. The highest BCUT2D eigenvalue weighted by Gasteiger charge is 2.09. The molecule has 0 bridgehead atoms. The Kier molecular flexibility index (Phi) is 6.26. The van der Waals surface area contributed by atoms with Crippen molar-refractivity contribution in [1.29, 1.82) is 0 Å². The Morgan fingerprint density at radius 1 is 1.09 bits per heavy atom. The number of rotatable bonds is 7. The highest BCUT2D eigenvalue weighted by molar-refractivity contribution is 5.88. The number of amides is 2. The number of aromatic nitrogens is 3. The van der Waals surface area contributed by atoms with Crippen molar-refractivity contribution in [1.82, 2.24) is 19.7 Å². The first kappa shape index (κ1) is 21.9. The zero-order valence-electron chi connectivity index (χ0n) is 19.0. The lowest BCUT2D eigenvalue weighted by molar-refractivity contribution is 0.230. The molecule has 0 saturated carbocycles. The highest BCUT2D eigenvalue weighted by Crippen LogP contribution is 2.26. The van der Waals surface area contributed by atoms with Crippen LogP contribution in [-0.4, -0.2) is 39.8 Å². The van der Waals surface area contributed by atoms with Crippen LogP contribution in [0.3, 0.4) is 0 Å². The van der Waals surface area contributed by atoms with Crippen molar-refractivity contribution >= 4 is 39.8 Å². The fourth-order valence-electron chi connectivity index (χ4n) is 3.43. The largest absolute Gasteiger partial charge is 0.380 e. The van der Waals surface area contributed by atoms with Crippen LogP contribution in [0, 0.1) is 0 Å². The molecular weight excluding hydrogens is 414 g/mol. The maximum Gasteiger partial charge on any atom is 0.322 e. The molecule has 4 rings (SSSR count). The monoisotopic (exact) mass is 441 g/mol. The fraction of sp³-hybridized carbons (Fsp3) is 0.160. The second-order valence-electron chi connectivity index (χ2n) is 7.95. The molecule has 33 heavy (non-hydrogen) atoms. The molecule has 0 aliphatic carbocycles. The summed E-state index contributed by atoms with van der Waals surface area (Å²) in [6, 6.07) is 17.6. The van der Waals surface area contributed by atoms with Crippen molar-refractivity contribution in [3.63, 3.8) is 0 Å². The summed E-state index contributed by atoms with van der Waals surface area (Å²) in [4.78, 5) is 17.6. The molecule has 3 N–H and O–H groups in total. The van der Waals surface area contributed by atoms with Crippen LogP contribution in [0.4, 0.5) is 22.0 Å². The zero-order valence-corrected chi connectivity index (χ0v) is 19.0. The molecule has 2 aromatic heterocycles. The quantitative estimate of drug-likeness (QED) is 0.385. The summed E-state index contributed by atoms with van der Waals surface area (Å²) < 4.78 is 1.80. The highest BCUT2D eigenvalue weighted by atomic mass is 16.2. The van der Waals surface area contributed by atoms with Crippen LogP contribution < -0.4 is 16.0 Å². The zero-order chi connectivity index (χ0) is 23.4. The second-order valence-corrected chi connectivity index (χ2v) is 7.95. The molecule has 0 atom stereocenters. The number of anilines is 3. The van der Waals surface area contributed by atoms with Gasteiger partial charge in [-0.1, -0.05) is 24.8 Å². The number of pyridine rings is 1. The van der Waals surface area contributed by atoms with Gasteiger partial charge in [0.15, 0.2) is 0 Å². The van der Waals surface area contributed by atoms with Gasteiger partial charge in [-0.3, -0.25) is 10.00 Å². The average Bonchev–Trinajstić information content (AvgIpc) is 3.17. The van der Waals surface area contributed by atoms with Crippen molar-refractivity contribution in [3.8, 4) is 0 Å². The molecule has 168 valence electrons. The van der Waals surface area contributed by atoms with E-state index in [2.05, 4.69) is 32.6 Å². The Morgan fingerprint density at radius 3 is 2.73 bits per heavy atom. The molecular formula is C25H27N7O. The molecule has 2 amide bonds. The van der Waals surface area contributed by atoms with E-state index in [-0.39, 0.29) is 6.03 Å². The molecule has 2 aromatic carbocycles. The molecule has 8 nitrogen and oxygen atoms in total. The topological polar surface area (TPSA) is 87.1 Å². The van der Waals surface area contributed by atoms with Gasteiger partial charge in [-0.2, -0.15) is 5.10 Å². The number of hydrogen-bond donors (Lipinski definition) is 3. The maximum absolute atomic E-state index is 11.9. The van der Waals surface area contributed by atoms with Gasteiger partial charge in [-0.25, -0.2) is 9.78 Å². The molecule has 0 aliphatic rings. The van der Waals surface area contributed by atoms with E-state index in [1.807, 2.05) is 67.8 Å². The summed E-state index contributed by atoms with van der Waals surface area (Å²) in [7, 11) is 5.29. The Bertz CT molecular complexity index is 1310. The predicted octanol–water partition coefficient (Wildman–Crippen LogP) is 4.76. The van der Waals surface area contributed by atoms with Gasteiger partial charge in [-0.05, 0) is 42.0 Å². The fourth-order valence-corrected chi connectivity index (χ4v) is 3.43. The Morgan fingerprint density at radius 2 is 1.91 bits per heavy atom. The van der Waals surface area contributed by atoms with Gasteiger partial charge in [0.2, 0.25) is 0 Å². The van der Waals surface area contributed by atoms with Crippen LogP contribution in [-0.2, 0) is 13.6 Å². The van der Waals surface area contributed by atoms with Gasteiger partial charge in [0.1, 0.15) is 5.82 Å². The number of nitrogens with one attached hydrogen (secondary N) is 3. The maximum atomic E-state index is 11.9. The third-order valence-corrected chi connectivity index (χ3v) is 5.12. The summed E-state index contributed by atoms with van der Waals surface area (Å²) in [6.07, 6.45) is 3.67. The lowest BCUT2D eigenvalue weighted by Gasteiger charge is -2.16. The number of carbonyl (C=O) groups is 1. The summed E-state index contributed by atoms with van der Waals surface area (Å²) >= 11 is 0. The summed E-state index contributed by atoms with van der Waals surface area (Å²) in [5.41, 5.74) is 5.54. The van der Waals surface area contributed by atoms with Crippen molar-refractivity contribution < 1.29 is 4.79 Å². The number of nitrogens with zero attached hydrogens (tertiary/aromatic N) is 4. The Labute approximate surface area is 192 Å². The number of para-hydroxylation sites is 1. The molecule has 4 aromatic rings. The van der Waals surface area contributed by atoms with Crippen LogP contribution >= 0.6 is 0 Å². The third-order valence-electron chi connectivity index (χ3n) is 5.12. The van der Waals surface area contributed by atoms with Crippen LogP contribution in [0.15, 0.2) is 73.6 Å². The predicted molar refractivity (Wildman–Crippen MR) is 134 cm³/mol. The minimum atomic E-state index is -0.218. The molecule has 0 aliphatic heterocycles. The number of hydrogen-bond acceptors (Lipinski definition) is 5. The molecule has 8 heteroatoms. The van der Waals surface area contributed by atoms with E-state index in [1.165, 1.54) is 4.90 Å². The molecule has 0 fully saturated rings. The number of carbonyl (C=O) groups excluding carboxylic acids is 1. The van der Waals surface area contributed by atoms with E-state index < -0.39 is 0 Å². The SMILES string of the molecule is C=C(Nc1ccc2cn(C)nc2c1)c1ccccc1NCc1ccnc(NC(=O)N(C)C)c1. The minimum Gasteiger partial charge on any atom is -0.380 e. The lowest BCUT2D eigenvalue weighted by atomic mass is 10.1. The van der Waals surface area contributed by atoms with Crippen LogP contribution in [0.25, 0.3) is 16.6 Å². The van der Waals surface area contributed by atoms with Crippen molar-refractivity contribution in [3.05, 3.63) is 84.7 Å². The number of aryl methyl sites for hydroxylation is 1. The Hall–Kier alpha value is -4.33. The average molecular weight is 442 g/mol. The minimum absolute atomic E-state index is 0.218. The van der Waals surface area contributed by atoms with Gasteiger partial charge in [-0.15, -0.1) is 0 Å². The van der Waals surface area contributed by atoms with Crippen molar-refractivity contribution in [2.24, 2.45) is 7.05 Å². The number of urea groups is 1. The van der Waals surface area contributed by atoms with Gasteiger partial charge >= 0.3 is 6.03 Å². The van der Waals surface area contributed by atoms with Crippen LogP contribution in [0.2, 0.25) is 0 Å².